The van der Waals surface area contributed by atoms with E-state index in [0.29, 0.717) is 17.1 Å². The van der Waals surface area contributed by atoms with Gasteiger partial charge < -0.3 is 14.8 Å². The highest BCUT2D eigenvalue weighted by Crippen LogP contribution is 2.39. The molecule has 21 heavy (non-hydrogen) atoms. The van der Waals surface area contributed by atoms with Crippen LogP contribution in [0.25, 0.3) is 0 Å². The summed E-state index contributed by atoms with van der Waals surface area (Å²) in [5, 5.41) is 3.23. The Balaban J connectivity index is 2.64. The Morgan fingerprint density at radius 3 is 2.14 bits per heavy atom. The van der Waals surface area contributed by atoms with Crippen LogP contribution in [-0.4, -0.2) is 21.3 Å². The first kappa shape index (κ1) is 15.6. The standard InChI is InChI=1S/C16H17ClFNO2/c1-19-16(10-6-4-7-11(18)15(10)17)14-12(20-2)8-5-9-13(14)21-3/h4-9,16,19H,1-3H3. The predicted octanol–water partition coefficient (Wildman–Crippen LogP) is 3.81. The molecular formula is C16H17ClFNO2. The van der Waals surface area contributed by atoms with E-state index in [0.717, 1.165) is 5.56 Å². The smallest absolute Gasteiger partial charge is 0.142 e. The van der Waals surface area contributed by atoms with Gasteiger partial charge in [0.05, 0.1) is 30.8 Å². The van der Waals surface area contributed by atoms with E-state index in [1.807, 2.05) is 18.2 Å². The van der Waals surface area contributed by atoms with Gasteiger partial charge in [0.25, 0.3) is 0 Å². The summed E-state index contributed by atoms with van der Waals surface area (Å²) in [6, 6.07) is 9.88. The van der Waals surface area contributed by atoms with Crippen LogP contribution in [-0.2, 0) is 0 Å². The van der Waals surface area contributed by atoms with Crippen molar-refractivity contribution in [3.63, 3.8) is 0 Å². The van der Waals surface area contributed by atoms with Crippen molar-refractivity contribution >= 4 is 11.6 Å². The van der Waals surface area contributed by atoms with E-state index >= 15 is 0 Å². The van der Waals surface area contributed by atoms with Crippen LogP contribution >= 0.6 is 11.6 Å². The first-order chi connectivity index (χ1) is 10.1. The minimum absolute atomic E-state index is 0.0878. The maximum absolute atomic E-state index is 13.7. The van der Waals surface area contributed by atoms with Gasteiger partial charge in [0.2, 0.25) is 0 Å². The highest BCUT2D eigenvalue weighted by molar-refractivity contribution is 6.31. The molecule has 0 saturated heterocycles. The lowest BCUT2D eigenvalue weighted by atomic mass is 9.96. The van der Waals surface area contributed by atoms with Crippen molar-refractivity contribution in [1.82, 2.24) is 5.32 Å². The first-order valence-corrected chi connectivity index (χ1v) is 6.83. The van der Waals surface area contributed by atoms with E-state index in [1.54, 1.807) is 33.4 Å². The minimum atomic E-state index is -0.455. The summed E-state index contributed by atoms with van der Waals surface area (Å²) in [7, 11) is 4.94. The van der Waals surface area contributed by atoms with Crippen LogP contribution in [0.1, 0.15) is 17.2 Å². The van der Waals surface area contributed by atoms with Crippen molar-refractivity contribution in [2.45, 2.75) is 6.04 Å². The number of benzene rings is 2. The molecule has 3 nitrogen and oxygen atoms in total. The molecule has 1 atom stereocenters. The molecule has 0 radical (unpaired) electrons. The van der Waals surface area contributed by atoms with Crippen LogP contribution < -0.4 is 14.8 Å². The van der Waals surface area contributed by atoms with Crippen LogP contribution in [0.15, 0.2) is 36.4 Å². The van der Waals surface area contributed by atoms with Crippen LogP contribution in [0.5, 0.6) is 11.5 Å². The number of ether oxygens (including phenoxy) is 2. The molecule has 0 amide bonds. The summed E-state index contributed by atoms with van der Waals surface area (Å²) in [5.41, 5.74) is 1.40. The maximum Gasteiger partial charge on any atom is 0.142 e. The summed E-state index contributed by atoms with van der Waals surface area (Å²) in [5.74, 6) is 0.839. The van der Waals surface area contributed by atoms with Crippen LogP contribution in [0.4, 0.5) is 4.39 Å². The first-order valence-electron chi connectivity index (χ1n) is 6.46. The maximum atomic E-state index is 13.7. The Bertz CT molecular complexity index is 611. The van der Waals surface area contributed by atoms with Gasteiger partial charge in [0, 0.05) is 0 Å². The number of hydrogen-bond acceptors (Lipinski definition) is 3. The topological polar surface area (TPSA) is 30.5 Å². The molecule has 2 aromatic rings. The van der Waals surface area contributed by atoms with E-state index in [9.17, 15) is 4.39 Å². The molecule has 112 valence electrons. The summed E-state index contributed by atoms with van der Waals surface area (Å²) in [6.45, 7) is 0. The second kappa shape index (κ2) is 6.78. The van der Waals surface area contributed by atoms with E-state index in [4.69, 9.17) is 21.1 Å². The lowest BCUT2D eigenvalue weighted by Gasteiger charge is -2.23. The number of halogens is 2. The van der Waals surface area contributed by atoms with Gasteiger partial charge in [-0.15, -0.1) is 0 Å². The second-order valence-corrected chi connectivity index (χ2v) is 4.82. The summed E-state index contributed by atoms with van der Waals surface area (Å²) in [4.78, 5) is 0. The molecule has 0 aliphatic carbocycles. The normalized spacial score (nSPS) is 12.0. The molecule has 0 aliphatic rings. The van der Waals surface area contributed by atoms with Crippen LogP contribution in [0.2, 0.25) is 5.02 Å². The quantitative estimate of drug-likeness (QED) is 0.911. The summed E-state index contributed by atoms with van der Waals surface area (Å²) < 4.78 is 24.5. The Morgan fingerprint density at radius 1 is 1.05 bits per heavy atom. The minimum Gasteiger partial charge on any atom is -0.496 e. The average Bonchev–Trinajstić information content (AvgIpc) is 2.52. The number of rotatable bonds is 5. The third-order valence-electron chi connectivity index (χ3n) is 3.34. The molecule has 1 N–H and O–H groups in total. The lowest BCUT2D eigenvalue weighted by molar-refractivity contribution is 0.378. The van der Waals surface area contributed by atoms with Crippen LogP contribution in [0.3, 0.4) is 0 Å². The summed E-state index contributed by atoms with van der Waals surface area (Å²) in [6.07, 6.45) is 0. The Labute approximate surface area is 128 Å². The van der Waals surface area contributed by atoms with Crippen molar-refractivity contribution in [3.8, 4) is 11.5 Å². The van der Waals surface area contributed by atoms with E-state index < -0.39 is 5.82 Å². The zero-order valence-corrected chi connectivity index (χ0v) is 12.9. The third-order valence-corrected chi connectivity index (χ3v) is 3.73. The lowest BCUT2D eigenvalue weighted by Crippen LogP contribution is -2.20. The molecule has 0 aromatic heterocycles. The van der Waals surface area contributed by atoms with Gasteiger partial charge >= 0.3 is 0 Å². The van der Waals surface area contributed by atoms with Crippen molar-refractivity contribution in [2.24, 2.45) is 0 Å². The number of hydrogen-bond donors (Lipinski definition) is 1. The van der Waals surface area contributed by atoms with Crippen molar-refractivity contribution in [2.75, 3.05) is 21.3 Å². The predicted molar refractivity (Wildman–Crippen MR) is 81.9 cm³/mol. The summed E-state index contributed by atoms with van der Waals surface area (Å²) >= 11 is 6.11. The monoisotopic (exact) mass is 309 g/mol. The van der Waals surface area contributed by atoms with Gasteiger partial charge in [-0.05, 0) is 30.8 Å². The SMILES string of the molecule is CNC(c1cccc(F)c1Cl)c1c(OC)cccc1OC. The van der Waals surface area contributed by atoms with Gasteiger partial charge in [-0.1, -0.05) is 29.8 Å². The molecule has 0 aliphatic heterocycles. The Hall–Kier alpha value is -1.78. The zero-order chi connectivity index (χ0) is 15.4. The molecule has 2 rings (SSSR count). The zero-order valence-electron chi connectivity index (χ0n) is 12.1. The van der Waals surface area contributed by atoms with Crippen molar-refractivity contribution < 1.29 is 13.9 Å². The molecule has 0 fully saturated rings. The molecule has 0 heterocycles. The van der Waals surface area contributed by atoms with E-state index in [-0.39, 0.29) is 11.1 Å². The largest absolute Gasteiger partial charge is 0.496 e. The van der Waals surface area contributed by atoms with Gasteiger partial charge in [-0.2, -0.15) is 0 Å². The van der Waals surface area contributed by atoms with Gasteiger partial charge in [0.1, 0.15) is 17.3 Å². The Morgan fingerprint density at radius 2 is 1.62 bits per heavy atom. The molecular weight excluding hydrogens is 293 g/mol. The van der Waals surface area contributed by atoms with E-state index in [1.165, 1.54) is 6.07 Å². The molecule has 1 unspecified atom stereocenters. The second-order valence-electron chi connectivity index (χ2n) is 4.44. The van der Waals surface area contributed by atoms with Crippen LogP contribution in [0, 0.1) is 5.82 Å². The average molecular weight is 310 g/mol. The number of nitrogens with one attached hydrogen (secondary N) is 1. The highest BCUT2D eigenvalue weighted by Gasteiger charge is 2.24. The molecule has 0 bridgehead atoms. The molecule has 2 aromatic carbocycles. The van der Waals surface area contributed by atoms with E-state index in [2.05, 4.69) is 5.32 Å². The molecule has 0 spiro atoms. The third kappa shape index (κ3) is 2.96. The van der Waals surface area contributed by atoms with Gasteiger partial charge in [-0.25, -0.2) is 4.39 Å². The van der Waals surface area contributed by atoms with Crippen molar-refractivity contribution in [3.05, 3.63) is 58.4 Å². The fraction of sp³-hybridized carbons (Fsp3) is 0.250. The Kier molecular flexibility index (Phi) is 5.04. The van der Waals surface area contributed by atoms with Gasteiger partial charge in [-0.3, -0.25) is 0 Å². The molecule has 0 saturated carbocycles. The van der Waals surface area contributed by atoms with Gasteiger partial charge in [0.15, 0.2) is 0 Å². The molecule has 5 heteroatoms. The fourth-order valence-corrected chi connectivity index (χ4v) is 2.60. The van der Waals surface area contributed by atoms with Crippen molar-refractivity contribution in [1.29, 1.82) is 0 Å². The fourth-order valence-electron chi connectivity index (χ4n) is 2.36. The highest BCUT2D eigenvalue weighted by atomic mass is 35.5. The number of methoxy groups -OCH3 is 2.